The fraction of sp³-hybridized carbons (Fsp3) is 0.0526. The third-order valence-corrected chi connectivity index (χ3v) is 3.89. The molecule has 0 spiro atoms. The average molecular weight is 339 g/mol. The van der Waals surface area contributed by atoms with E-state index in [9.17, 15) is 13.2 Å². The van der Waals surface area contributed by atoms with Gasteiger partial charge in [0, 0.05) is 18.9 Å². The second-order valence-electron chi connectivity index (χ2n) is 5.66. The van der Waals surface area contributed by atoms with E-state index in [4.69, 9.17) is 0 Å². The van der Waals surface area contributed by atoms with Crippen molar-refractivity contribution >= 4 is 0 Å². The fourth-order valence-corrected chi connectivity index (χ4v) is 2.67. The maximum absolute atomic E-state index is 13.9. The van der Waals surface area contributed by atoms with Gasteiger partial charge in [-0.1, -0.05) is 18.2 Å². The van der Waals surface area contributed by atoms with Crippen LogP contribution in [0.3, 0.4) is 0 Å². The Morgan fingerprint density at radius 2 is 1.48 bits per heavy atom. The lowest BCUT2D eigenvalue weighted by atomic mass is 10.2. The highest BCUT2D eigenvalue weighted by molar-refractivity contribution is 5.66. The van der Waals surface area contributed by atoms with E-state index >= 15 is 0 Å². The number of aromatic nitrogens is 3. The second kappa shape index (κ2) is 6.05. The van der Waals surface area contributed by atoms with Gasteiger partial charge in [0.15, 0.2) is 5.82 Å². The maximum Gasteiger partial charge on any atom is 0.166 e. The Labute approximate surface area is 141 Å². The highest BCUT2D eigenvalue weighted by Gasteiger charge is 2.18. The predicted octanol–water partition coefficient (Wildman–Crippen LogP) is 4.52. The molecule has 2 heterocycles. The van der Waals surface area contributed by atoms with Crippen LogP contribution in [0.2, 0.25) is 0 Å². The molecule has 0 aromatic heterocycles. The molecule has 4 rings (SSSR count). The van der Waals surface area contributed by atoms with E-state index < -0.39 is 11.6 Å². The van der Waals surface area contributed by atoms with E-state index in [0.717, 1.165) is 5.56 Å². The number of rotatable bonds is 3. The highest BCUT2D eigenvalue weighted by atomic mass is 19.1. The summed E-state index contributed by atoms with van der Waals surface area (Å²) in [6.07, 6.45) is 3.54. The van der Waals surface area contributed by atoms with Gasteiger partial charge in [-0.3, -0.25) is 0 Å². The monoisotopic (exact) mass is 339 g/mol. The number of hydrogen-bond acceptors (Lipinski definition) is 2. The van der Waals surface area contributed by atoms with E-state index in [1.165, 1.54) is 30.3 Å². The third kappa shape index (κ3) is 2.98. The number of pyridine rings is 1. The molecule has 0 atom stereocenters. The molecule has 0 saturated carbocycles. The predicted molar refractivity (Wildman–Crippen MR) is 87.5 cm³/mol. The van der Waals surface area contributed by atoms with E-state index in [2.05, 4.69) is 9.97 Å². The van der Waals surface area contributed by atoms with Crippen molar-refractivity contribution in [1.29, 1.82) is 0 Å². The Bertz CT molecular complexity index is 989. The zero-order valence-electron chi connectivity index (χ0n) is 13.0. The number of benzene rings is 2. The lowest BCUT2D eigenvalue weighted by Crippen LogP contribution is -2.00. The van der Waals surface area contributed by atoms with Gasteiger partial charge in [-0.2, -0.15) is 0 Å². The topological polar surface area (TPSA) is 30.7 Å². The van der Waals surface area contributed by atoms with Crippen molar-refractivity contribution in [2.45, 2.75) is 6.54 Å². The molecule has 124 valence electrons. The van der Waals surface area contributed by atoms with E-state index in [0.29, 0.717) is 17.9 Å². The summed E-state index contributed by atoms with van der Waals surface area (Å²) in [6.45, 7) is 0.520. The van der Waals surface area contributed by atoms with Gasteiger partial charge in [0.2, 0.25) is 0 Å². The van der Waals surface area contributed by atoms with Gasteiger partial charge >= 0.3 is 0 Å². The van der Waals surface area contributed by atoms with Gasteiger partial charge < -0.3 is 4.57 Å². The lowest BCUT2D eigenvalue weighted by Gasteiger charge is -2.08. The molecule has 0 unspecified atom stereocenters. The molecule has 3 nitrogen and oxygen atoms in total. The van der Waals surface area contributed by atoms with E-state index in [1.807, 2.05) is 4.57 Å². The Morgan fingerprint density at radius 1 is 0.800 bits per heavy atom. The van der Waals surface area contributed by atoms with Crippen molar-refractivity contribution in [2.75, 3.05) is 0 Å². The Kier molecular flexibility index (Phi) is 3.72. The zero-order chi connectivity index (χ0) is 17.4. The van der Waals surface area contributed by atoms with Crippen LogP contribution in [-0.4, -0.2) is 14.5 Å². The number of halogens is 3. The van der Waals surface area contributed by atoms with E-state index in [-0.39, 0.29) is 17.2 Å². The first kappa shape index (κ1) is 15.4. The van der Waals surface area contributed by atoms with Crippen molar-refractivity contribution in [3.63, 3.8) is 0 Å². The van der Waals surface area contributed by atoms with Crippen LogP contribution >= 0.6 is 0 Å². The molecular formula is C19H12F3N3. The molecule has 0 N–H and O–H groups in total. The first-order valence-corrected chi connectivity index (χ1v) is 7.62. The third-order valence-electron chi connectivity index (χ3n) is 3.89. The minimum atomic E-state index is -0.700. The summed E-state index contributed by atoms with van der Waals surface area (Å²) in [5.74, 6) is -1.67. The molecule has 0 radical (unpaired) electrons. The summed E-state index contributed by atoms with van der Waals surface area (Å²) in [6, 6.07) is 11.6. The summed E-state index contributed by atoms with van der Waals surface area (Å²) >= 11 is 0. The fourth-order valence-electron chi connectivity index (χ4n) is 2.67. The Balaban J connectivity index is 1.70. The molecule has 0 fully saturated rings. The summed E-state index contributed by atoms with van der Waals surface area (Å²) in [4.78, 5) is 8.46. The molecule has 2 aliphatic heterocycles. The molecule has 0 saturated heterocycles. The summed E-state index contributed by atoms with van der Waals surface area (Å²) < 4.78 is 42.6. The van der Waals surface area contributed by atoms with Gasteiger partial charge in [0.1, 0.15) is 23.1 Å². The van der Waals surface area contributed by atoms with Gasteiger partial charge in [-0.25, -0.2) is 23.1 Å². The van der Waals surface area contributed by atoms with Crippen LogP contribution in [0, 0.1) is 17.5 Å². The number of imidazole rings is 1. The van der Waals surface area contributed by atoms with Crippen LogP contribution in [0.15, 0.2) is 60.9 Å². The van der Waals surface area contributed by atoms with Crippen LogP contribution in [0.1, 0.15) is 5.56 Å². The van der Waals surface area contributed by atoms with E-state index in [1.54, 1.807) is 30.6 Å². The number of nitrogens with zero attached hydrogens (tertiary/aromatic N) is 3. The first-order valence-electron chi connectivity index (χ1n) is 7.62. The first-order chi connectivity index (χ1) is 12.1. The molecule has 2 aromatic carbocycles. The molecule has 0 aliphatic carbocycles. The minimum Gasteiger partial charge on any atom is -0.348 e. The number of fused-ring (bicyclic) bond motifs is 1. The largest absolute Gasteiger partial charge is 0.348 e. The Morgan fingerprint density at radius 3 is 2.20 bits per heavy atom. The molecule has 0 bridgehead atoms. The lowest BCUT2D eigenvalue weighted by molar-refractivity contribution is 0.588. The average Bonchev–Trinajstić information content (AvgIpc) is 2.99. The SMILES string of the molecule is Fc1ccc(Cn2ccc3nc(-c4c(F)cccc4F)nc-3c2)cc1. The minimum absolute atomic E-state index is 0.0186. The van der Waals surface area contributed by atoms with Crippen molar-refractivity contribution in [2.24, 2.45) is 0 Å². The van der Waals surface area contributed by atoms with Crippen LogP contribution in [0.25, 0.3) is 22.8 Å². The number of hydrogen-bond donors (Lipinski definition) is 0. The van der Waals surface area contributed by atoms with Crippen LogP contribution in [-0.2, 0) is 6.54 Å². The van der Waals surface area contributed by atoms with Crippen LogP contribution < -0.4 is 0 Å². The molecule has 2 aromatic rings. The molecular weight excluding hydrogens is 327 g/mol. The maximum atomic E-state index is 13.9. The summed E-state index contributed by atoms with van der Waals surface area (Å²) in [7, 11) is 0. The standard InChI is InChI=1S/C19H12F3N3/c20-13-6-4-12(5-7-13)10-25-9-8-16-17(11-25)24-19(23-16)18-14(21)2-1-3-15(18)22/h1-9,11H,10H2. The Hall–Kier alpha value is -3.15. The molecule has 6 heteroatoms. The second-order valence-corrected chi connectivity index (χ2v) is 5.66. The highest BCUT2D eigenvalue weighted by Crippen LogP contribution is 2.28. The van der Waals surface area contributed by atoms with Crippen LogP contribution in [0.5, 0.6) is 0 Å². The summed E-state index contributed by atoms with van der Waals surface area (Å²) in [5, 5.41) is 0. The molecule has 2 aliphatic rings. The quantitative estimate of drug-likeness (QED) is 0.550. The van der Waals surface area contributed by atoms with Crippen molar-refractivity contribution in [3.8, 4) is 22.8 Å². The molecule has 0 amide bonds. The summed E-state index contributed by atoms with van der Waals surface area (Å²) in [5.41, 5.74) is 1.77. The van der Waals surface area contributed by atoms with Crippen molar-refractivity contribution in [1.82, 2.24) is 14.5 Å². The smallest absolute Gasteiger partial charge is 0.166 e. The van der Waals surface area contributed by atoms with Crippen LogP contribution in [0.4, 0.5) is 13.2 Å². The van der Waals surface area contributed by atoms with Gasteiger partial charge in [-0.15, -0.1) is 0 Å². The van der Waals surface area contributed by atoms with Gasteiger partial charge in [0.25, 0.3) is 0 Å². The zero-order valence-corrected chi connectivity index (χ0v) is 13.0. The van der Waals surface area contributed by atoms with Crippen molar-refractivity contribution in [3.05, 3.63) is 83.9 Å². The van der Waals surface area contributed by atoms with Gasteiger partial charge in [-0.05, 0) is 35.9 Å². The molecule has 25 heavy (non-hydrogen) atoms. The van der Waals surface area contributed by atoms with Crippen molar-refractivity contribution < 1.29 is 13.2 Å². The normalized spacial score (nSPS) is 11.2. The van der Waals surface area contributed by atoms with Gasteiger partial charge in [0.05, 0.1) is 11.3 Å².